The van der Waals surface area contributed by atoms with E-state index in [1.165, 1.54) is 6.42 Å². The molecule has 2 heterocycles. The Bertz CT molecular complexity index is 911. The highest BCUT2D eigenvalue weighted by atomic mass is 16.5. The number of carbonyl (C=O) groups excluding carboxylic acids is 2. The van der Waals surface area contributed by atoms with Crippen LogP contribution in [0.3, 0.4) is 0 Å². The second kappa shape index (κ2) is 9.07. The topological polar surface area (TPSA) is 73.9 Å². The second-order valence-corrected chi connectivity index (χ2v) is 7.72. The number of nitrogens with one attached hydrogen (secondary N) is 2. The van der Waals surface area contributed by atoms with E-state index in [0.717, 1.165) is 43.0 Å². The zero-order valence-electron chi connectivity index (χ0n) is 17.3. The Morgan fingerprint density at radius 2 is 1.80 bits per heavy atom. The van der Waals surface area contributed by atoms with Gasteiger partial charge in [0.2, 0.25) is 5.91 Å². The van der Waals surface area contributed by atoms with Crippen LogP contribution in [0.2, 0.25) is 0 Å². The van der Waals surface area contributed by atoms with Crippen LogP contribution in [0, 0.1) is 0 Å². The lowest BCUT2D eigenvalue weighted by atomic mass is 10.1. The summed E-state index contributed by atoms with van der Waals surface area (Å²) in [4.78, 5) is 29.6. The summed E-state index contributed by atoms with van der Waals surface area (Å²) in [6.07, 6.45) is 2.64. The van der Waals surface area contributed by atoms with Crippen molar-refractivity contribution in [2.45, 2.75) is 25.4 Å². The number of benzene rings is 2. The maximum Gasteiger partial charge on any atom is 0.265 e. The Labute approximate surface area is 177 Å². The Hall–Kier alpha value is -3.22. The minimum absolute atomic E-state index is 0.0105. The van der Waals surface area contributed by atoms with E-state index in [1.807, 2.05) is 65.4 Å². The van der Waals surface area contributed by atoms with Gasteiger partial charge in [0, 0.05) is 31.5 Å². The van der Waals surface area contributed by atoms with Crippen LogP contribution >= 0.6 is 0 Å². The number of likely N-dealkylation sites (tertiary alicyclic amines) is 1. The van der Waals surface area contributed by atoms with Gasteiger partial charge in [-0.2, -0.15) is 0 Å². The lowest BCUT2D eigenvalue weighted by Gasteiger charge is -2.38. The van der Waals surface area contributed by atoms with E-state index in [9.17, 15) is 9.59 Å². The Kier molecular flexibility index (Phi) is 6.07. The molecular weight excluding hydrogens is 380 g/mol. The van der Waals surface area contributed by atoms with Crippen molar-refractivity contribution in [3.63, 3.8) is 0 Å². The number of ether oxygens (including phenoxy) is 1. The Balaban J connectivity index is 1.48. The van der Waals surface area contributed by atoms with Crippen molar-refractivity contribution >= 4 is 28.9 Å². The number of anilines is 3. The van der Waals surface area contributed by atoms with Crippen molar-refractivity contribution in [1.29, 1.82) is 0 Å². The van der Waals surface area contributed by atoms with E-state index in [0.29, 0.717) is 12.3 Å². The third-order valence-corrected chi connectivity index (χ3v) is 5.57. The van der Waals surface area contributed by atoms with Crippen LogP contribution in [0.15, 0.2) is 48.5 Å². The van der Waals surface area contributed by atoms with Crippen LogP contribution in [0.25, 0.3) is 0 Å². The van der Waals surface area contributed by atoms with Crippen molar-refractivity contribution in [3.05, 3.63) is 48.5 Å². The number of amides is 2. The number of nitrogens with zero attached hydrogens (tertiary/aromatic N) is 2. The molecule has 0 aliphatic carbocycles. The summed E-state index contributed by atoms with van der Waals surface area (Å²) in [6, 6.07) is 15.1. The normalized spacial score (nSPS) is 18.2. The SMILES string of the molecule is CNc1cccc(NC(=O)CN2CC(C(=O)N3CCCCC3)Oc3ccccc32)c1. The molecule has 2 amide bonds. The highest BCUT2D eigenvalue weighted by Gasteiger charge is 2.34. The second-order valence-electron chi connectivity index (χ2n) is 7.72. The molecule has 4 rings (SSSR count). The van der Waals surface area contributed by atoms with Crippen LogP contribution in [-0.2, 0) is 9.59 Å². The first kappa shape index (κ1) is 20.1. The lowest BCUT2D eigenvalue weighted by Crippen LogP contribution is -2.52. The molecule has 30 heavy (non-hydrogen) atoms. The van der Waals surface area contributed by atoms with Crippen molar-refractivity contribution in [2.24, 2.45) is 0 Å². The standard InChI is InChI=1S/C23H28N4O3/c1-24-17-8-7-9-18(14-17)25-22(28)16-27-15-21(23(29)26-12-5-2-6-13-26)30-20-11-4-3-10-19(20)27/h3-4,7-11,14,21,24H,2,5-6,12-13,15-16H2,1H3,(H,25,28). The van der Waals surface area contributed by atoms with Crippen molar-refractivity contribution < 1.29 is 14.3 Å². The Morgan fingerprint density at radius 1 is 1.03 bits per heavy atom. The fourth-order valence-electron chi connectivity index (χ4n) is 4.03. The van der Waals surface area contributed by atoms with Gasteiger partial charge in [-0.15, -0.1) is 0 Å². The van der Waals surface area contributed by atoms with Gasteiger partial charge in [0.1, 0.15) is 5.75 Å². The molecule has 0 bridgehead atoms. The molecule has 2 aliphatic rings. The van der Waals surface area contributed by atoms with Gasteiger partial charge in [-0.1, -0.05) is 18.2 Å². The van der Waals surface area contributed by atoms with Crippen LogP contribution in [-0.4, -0.2) is 56.0 Å². The van der Waals surface area contributed by atoms with Gasteiger partial charge < -0.3 is 25.2 Å². The zero-order valence-corrected chi connectivity index (χ0v) is 17.3. The van der Waals surface area contributed by atoms with Crippen molar-refractivity contribution in [1.82, 2.24) is 4.90 Å². The van der Waals surface area contributed by atoms with Crippen LogP contribution in [0.4, 0.5) is 17.1 Å². The number of fused-ring (bicyclic) bond motifs is 1. The van der Waals surface area contributed by atoms with E-state index in [1.54, 1.807) is 0 Å². The molecular formula is C23H28N4O3. The third-order valence-electron chi connectivity index (χ3n) is 5.57. The molecule has 2 aromatic rings. The maximum atomic E-state index is 13.0. The van der Waals surface area contributed by atoms with Crippen LogP contribution in [0.1, 0.15) is 19.3 Å². The summed E-state index contributed by atoms with van der Waals surface area (Å²) in [7, 11) is 1.84. The number of para-hydroxylation sites is 2. The number of piperidine rings is 1. The van der Waals surface area contributed by atoms with Gasteiger partial charge in [0.15, 0.2) is 6.10 Å². The molecule has 2 aliphatic heterocycles. The average Bonchev–Trinajstić information content (AvgIpc) is 2.79. The smallest absolute Gasteiger partial charge is 0.265 e. The molecule has 7 nitrogen and oxygen atoms in total. The first-order chi connectivity index (χ1) is 14.6. The van der Waals surface area contributed by atoms with Gasteiger partial charge >= 0.3 is 0 Å². The number of carbonyl (C=O) groups is 2. The van der Waals surface area contributed by atoms with Gasteiger partial charge in [-0.05, 0) is 49.6 Å². The molecule has 1 fully saturated rings. The summed E-state index contributed by atoms with van der Waals surface area (Å²) >= 11 is 0. The highest BCUT2D eigenvalue weighted by Crippen LogP contribution is 2.33. The molecule has 0 radical (unpaired) electrons. The van der Waals surface area contributed by atoms with E-state index in [2.05, 4.69) is 10.6 Å². The Morgan fingerprint density at radius 3 is 2.60 bits per heavy atom. The van der Waals surface area contributed by atoms with Gasteiger partial charge in [0.25, 0.3) is 5.91 Å². The van der Waals surface area contributed by atoms with E-state index in [4.69, 9.17) is 4.74 Å². The monoisotopic (exact) mass is 408 g/mol. The average molecular weight is 409 g/mol. The summed E-state index contributed by atoms with van der Waals surface area (Å²) in [5.74, 6) is 0.518. The molecule has 0 spiro atoms. The van der Waals surface area contributed by atoms with Gasteiger partial charge in [-0.3, -0.25) is 9.59 Å². The predicted molar refractivity (Wildman–Crippen MR) is 118 cm³/mol. The molecule has 0 aromatic heterocycles. The number of rotatable bonds is 5. The minimum atomic E-state index is -0.599. The summed E-state index contributed by atoms with van der Waals surface area (Å²) < 4.78 is 6.03. The van der Waals surface area contributed by atoms with Gasteiger partial charge in [-0.25, -0.2) is 0 Å². The lowest BCUT2D eigenvalue weighted by molar-refractivity contribution is -0.139. The fourth-order valence-corrected chi connectivity index (χ4v) is 4.03. The summed E-state index contributed by atoms with van der Waals surface area (Å²) in [5, 5.41) is 6.01. The van der Waals surface area contributed by atoms with E-state index >= 15 is 0 Å². The minimum Gasteiger partial charge on any atom is -0.477 e. The molecule has 0 saturated carbocycles. The molecule has 1 atom stereocenters. The summed E-state index contributed by atoms with van der Waals surface area (Å²) in [5.41, 5.74) is 2.49. The molecule has 1 saturated heterocycles. The molecule has 158 valence electrons. The van der Waals surface area contributed by atoms with E-state index < -0.39 is 6.10 Å². The quantitative estimate of drug-likeness (QED) is 0.796. The maximum absolute atomic E-state index is 13.0. The van der Waals surface area contributed by atoms with Crippen LogP contribution < -0.4 is 20.3 Å². The zero-order chi connectivity index (χ0) is 20.9. The van der Waals surface area contributed by atoms with E-state index in [-0.39, 0.29) is 18.4 Å². The first-order valence-electron chi connectivity index (χ1n) is 10.5. The van der Waals surface area contributed by atoms with Crippen molar-refractivity contribution in [2.75, 3.05) is 48.8 Å². The first-order valence-corrected chi connectivity index (χ1v) is 10.5. The molecule has 2 N–H and O–H groups in total. The summed E-state index contributed by atoms with van der Waals surface area (Å²) in [6.45, 7) is 2.06. The fraction of sp³-hybridized carbons (Fsp3) is 0.391. The molecule has 2 aromatic carbocycles. The predicted octanol–water partition coefficient (Wildman–Crippen LogP) is 2.95. The largest absolute Gasteiger partial charge is 0.477 e. The molecule has 7 heteroatoms. The number of hydrogen-bond acceptors (Lipinski definition) is 5. The van der Waals surface area contributed by atoms with Crippen LogP contribution in [0.5, 0.6) is 5.75 Å². The number of hydrogen-bond donors (Lipinski definition) is 2. The highest BCUT2D eigenvalue weighted by molar-refractivity contribution is 5.95. The molecule has 1 unspecified atom stereocenters. The third kappa shape index (κ3) is 4.50. The van der Waals surface area contributed by atoms with Crippen molar-refractivity contribution in [3.8, 4) is 5.75 Å². The van der Waals surface area contributed by atoms with Gasteiger partial charge in [0.05, 0.1) is 18.8 Å².